The summed E-state index contributed by atoms with van der Waals surface area (Å²) in [7, 11) is 10.0. The van der Waals surface area contributed by atoms with Crippen LogP contribution in [0, 0.1) is 0 Å². The second kappa shape index (κ2) is 4.21. The van der Waals surface area contributed by atoms with Crippen LogP contribution in [-0.2, 0) is 0 Å². The standard InChI is InChI=1S/C4H10NSi.2ClH.Sn.H/c1-6(2,3)4-5;;;;/h4H,1-3H3;2*1H;;/q-1;;;+3;/p-2. The Kier molecular flexibility index (Phi) is 4.80. The van der Waals surface area contributed by atoms with Gasteiger partial charge in [0.05, 0.1) is 0 Å². The molecule has 0 heterocycles. The Morgan fingerprint density at radius 1 is 1.33 bits per heavy atom. The molecule has 0 aliphatic carbocycles. The quantitative estimate of drug-likeness (QED) is 0.546. The van der Waals surface area contributed by atoms with Crippen molar-refractivity contribution in [2.24, 2.45) is 3.21 Å². The molecular weight excluding hydrogens is 280 g/mol. The predicted octanol–water partition coefficient (Wildman–Crippen LogP) is 2.13. The van der Waals surface area contributed by atoms with Crippen molar-refractivity contribution >= 4 is 49.5 Å². The average molecular weight is 291 g/mol. The molecular formula is C4H11Cl2NSiSn. The Morgan fingerprint density at radius 3 is 1.89 bits per heavy atom. The molecule has 0 N–H and O–H groups in total. The van der Waals surface area contributed by atoms with E-state index in [2.05, 4.69) is 22.9 Å². The van der Waals surface area contributed by atoms with Gasteiger partial charge in [-0.1, -0.05) is 0 Å². The van der Waals surface area contributed by atoms with Crippen LogP contribution in [0.3, 0.4) is 0 Å². The zero-order chi connectivity index (χ0) is 7.49. The van der Waals surface area contributed by atoms with Gasteiger partial charge in [0, 0.05) is 0 Å². The van der Waals surface area contributed by atoms with Crippen LogP contribution in [0.1, 0.15) is 0 Å². The summed E-state index contributed by atoms with van der Waals surface area (Å²) in [5.41, 5.74) is 0. The normalized spacial score (nSPS) is 13.6. The summed E-state index contributed by atoms with van der Waals surface area (Å²) < 4.78 is 4.07. The SMILES string of the molecule is C[Si](C)(C)C=[N][SnH]([Cl])[Cl]. The van der Waals surface area contributed by atoms with Crippen LogP contribution in [0.2, 0.25) is 19.6 Å². The van der Waals surface area contributed by atoms with Crippen LogP contribution in [0.25, 0.3) is 0 Å². The second-order valence-corrected chi connectivity index (χ2v) is 17.4. The molecule has 0 aliphatic heterocycles. The molecule has 0 radical (unpaired) electrons. The number of hydrogen-bond acceptors (Lipinski definition) is 1. The minimum absolute atomic E-state index is 1.13. The van der Waals surface area contributed by atoms with E-state index in [1.54, 1.807) is 0 Å². The Labute approximate surface area is 72.0 Å². The summed E-state index contributed by atoms with van der Waals surface area (Å²) in [6.45, 7) is 6.62. The molecule has 0 saturated carbocycles. The molecule has 0 aliphatic rings. The number of nitrogens with zero attached hydrogens (tertiary/aromatic N) is 1. The van der Waals surface area contributed by atoms with Crippen LogP contribution in [0.15, 0.2) is 3.21 Å². The summed E-state index contributed by atoms with van der Waals surface area (Å²) in [5.74, 6) is 1.98. The van der Waals surface area contributed by atoms with Gasteiger partial charge in [0.15, 0.2) is 0 Å². The first-order valence-corrected chi connectivity index (χ1v) is 16.1. The molecule has 5 heteroatoms. The zero-order valence-corrected chi connectivity index (χ0v) is 11.7. The number of rotatable bonds is 2. The molecule has 0 saturated heterocycles. The molecule has 0 aromatic carbocycles. The molecule has 0 fully saturated rings. The maximum absolute atomic E-state index is 5.58. The van der Waals surface area contributed by atoms with Crippen molar-refractivity contribution < 1.29 is 0 Å². The fourth-order valence-electron chi connectivity index (χ4n) is 0.280. The Bertz CT molecular complexity index is 110. The molecule has 0 spiro atoms. The maximum atomic E-state index is 5.58. The third-order valence-corrected chi connectivity index (χ3v) is 4.93. The Morgan fingerprint density at radius 2 is 1.78 bits per heavy atom. The van der Waals surface area contributed by atoms with E-state index in [1.807, 2.05) is 5.84 Å². The first-order valence-electron chi connectivity index (χ1n) is 2.74. The van der Waals surface area contributed by atoms with Crippen molar-refractivity contribution in [3.05, 3.63) is 0 Å². The van der Waals surface area contributed by atoms with Gasteiger partial charge >= 0.3 is 72.4 Å². The van der Waals surface area contributed by atoms with Gasteiger partial charge in [0.25, 0.3) is 0 Å². The van der Waals surface area contributed by atoms with E-state index in [0.29, 0.717) is 0 Å². The summed E-state index contributed by atoms with van der Waals surface area (Å²) in [5, 5.41) is 0. The van der Waals surface area contributed by atoms with Crippen LogP contribution in [-0.4, -0.2) is 31.7 Å². The van der Waals surface area contributed by atoms with Crippen molar-refractivity contribution in [3.8, 4) is 0 Å². The van der Waals surface area contributed by atoms with Crippen molar-refractivity contribution in [2.45, 2.75) is 19.6 Å². The first-order chi connectivity index (χ1) is 3.92. The Balaban J connectivity index is 3.71. The molecule has 0 aromatic heterocycles. The van der Waals surface area contributed by atoms with Gasteiger partial charge in [0.1, 0.15) is 0 Å². The molecule has 0 aromatic rings. The summed E-state index contributed by atoms with van der Waals surface area (Å²) in [6.07, 6.45) is 0. The fraction of sp³-hybridized carbons (Fsp3) is 0.750. The van der Waals surface area contributed by atoms with Gasteiger partial charge in [-0.25, -0.2) is 0 Å². The topological polar surface area (TPSA) is 12.4 Å². The van der Waals surface area contributed by atoms with Gasteiger partial charge in [0.2, 0.25) is 0 Å². The second-order valence-electron chi connectivity index (χ2n) is 2.92. The van der Waals surface area contributed by atoms with Crippen molar-refractivity contribution in [2.75, 3.05) is 0 Å². The first kappa shape index (κ1) is 10.3. The average Bonchev–Trinajstić information content (AvgIpc) is 1.59. The van der Waals surface area contributed by atoms with Crippen LogP contribution >= 0.6 is 17.8 Å². The summed E-state index contributed by atoms with van der Waals surface area (Å²) >= 11 is -2.30. The third-order valence-electron chi connectivity index (χ3n) is 0.575. The van der Waals surface area contributed by atoms with Gasteiger partial charge in [-0.15, -0.1) is 0 Å². The monoisotopic (exact) mass is 291 g/mol. The minimum atomic E-state index is -2.30. The summed E-state index contributed by atoms with van der Waals surface area (Å²) in [6, 6.07) is 0. The van der Waals surface area contributed by atoms with Crippen molar-refractivity contribution in [1.29, 1.82) is 0 Å². The van der Waals surface area contributed by atoms with E-state index < -0.39 is 25.9 Å². The molecule has 0 atom stereocenters. The predicted molar refractivity (Wildman–Crippen MR) is 50.7 cm³/mol. The Hall–Kier alpha value is 1.27. The van der Waals surface area contributed by atoms with Crippen molar-refractivity contribution in [3.63, 3.8) is 0 Å². The number of hydrogen-bond donors (Lipinski definition) is 0. The zero-order valence-electron chi connectivity index (χ0n) is 5.86. The fourth-order valence-corrected chi connectivity index (χ4v) is 7.90. The molecule has 9 heavy (non-hydrogen) atoms. The van der Waals surface area contributed by atoms with Gasteiger partial charge in [-0.2, -0.15) is 0 Å². The van der Waals surface area contributed by atoms with E-state index >= 15 is 0 Å². The van der Waals surface area contributed by atoms with Gasteiger partial charge < -0.3 is 0 Å². The van der Waals surface area contributed by atoms with E-state index in [0.717, 1.165) is 0 Å². The molecule has 0 bridgehead atoms. The van der Waals surface area contributed by atoms with E-state index in [-0.39, 0.29) is 0 Å². The van der Waals surface area contributed by atoms with Crippen molar-refractivity contribution in [1.82, 2.24) is 0 Å². The van der Waals surface area contributed by atoms with Gasteiger partial charge in [-0.3, -0.25) is 0 Å². The molecule has 1 nitrogen and oxygen atoms in total. The van der Waals surface area contributed by atoms with E-state index in [9.17, 15) is 0 Å². The number of halogens is 2. The third kappa shape index (κ3) is 9.27. The molecule has 54 valence electrons. The van der Waals surface area contributed by atoms with E-state index in [4.69, 9.17) is 17.8 Å². The van der Waals surface area contributed by atoms with E-state index in [1.165, 1.54) is 0 Å². The molecule has 0 amide bonds. The van der Waals surface area contributed by atoms with Crippen LogP contribution in [0.4, 0.5) is 0 Å². The molecule has 0 rings (SSSR count). The van der Waals surface area contributed by atoms with Crippen LogP contribution < -0.4 is 0 Å². The molecule has 0 unspecified atom stereocenters. The summed E-state index contributed by atoms with van der Waals surface area (Å²) in [4.78, 5) is 0. The van der Waals surface area contributed by atoms with Crippen LogP contribution in [0.5, 0.6) is 0 Å². The van der Waals surface area contributed by atoms with Gasteiger partial charge in [-0.05, 0) is 0 Å².